The quantitative estimate of drug-likeness (QED) is 0.671. The van der Waals surface area contributed by atoms with Crippen molar-refractivity contribution in [2.45, 2.75) is 19.4 Å². The highest BCUT2D eigenvalue weighted by atomic mass is 35.5. The Balaban J connectivity index is 1.46. The molecule has 2 aliphatic rings. The molecule has 0 bridgehead atoms. The topological polar surface area (TPSA) is 85.7 Å². The van der Waals surface area contributed by atoms with Crippen LogP contribution in [0.1, 0.15) is 17.7 Å². The number of hydrogen-bond donors (Lipinski definition) is 1. The zero-order valence-corrected chi connectivity index (χ0v) is 19.4. The van der Waals surface area contributed by atoms with E-state index < -0.39 is 0 Å². The van der Waals surface area contributed by atoms with Gasteiger partial charge in [0.2, 0.25) is 5.95 Å². The smallest absolute Gasteiger partial charge is 0.293 e. The number of hydrogen-bond acceptors (Lipinski definition) is 6. The van der Waals surface area contributed by atoms with E-state index in [1.165, 1.54) is 7.11 Å². The molecule has 1 aromatic heterocycles. The summed E-state index contributed by atoms with van der Waals surface area (Å²) in [5, 5.41) is 4.32. The lowest BCUT2D eigenvalue weighted by atomic mass is 10.1. The molecular formula is C23H22Cl2N4O4. The first kappa shape index (κ1) is 22.9. The number of aromatic nitrogens is 2. The van der Waals surface area contributed by atoms with Crippen molar-refractivity contribution in [2.24, 2.45) is 0 Å². The first-order valence-corrected chi connectivity index (χ1v) is 11.0. The monoisotopic (exact) mass is 488 g/mol. The molecule has 0 saturated carbocycles. The van der Waals surface area contributed by atoms with Gasteiger partial charge >= 0.3 is 0 Å². The number of amides is 1. The van der Waals surface area contributed by atoms with Crippen molar-refractivity contribution in [1.82, 2.24) is 14.6 Å². The number of rotatable bonds is 6. The summed E-state index contributed by atoms with van der Waals surface area (Å²) in [5.74, 6) is 0.597. The molecule has 1 N–H and O–H groups in total. The van der Waals surface area contributed by atoms with Crippen LogP contribution in [0.4, 0.5) is 5.95 Å². The maximum Gasteiger partial charge on any atom is 0.293 e. The Bertz CT molecular complexity index is 1200. The fourth-order valence-corrected chi connectivity index (χ4v) is 3.77. The van der Waals surface area contributed by atoms with E-state index in [9.17, 15) is 9.59 Å². The van der Waals surface area contributed by atoms with Crippen LogP contribution in [0.2, 0.25) is 5.02 Å². The highest BCUT2D eigenvalue weighted by Gasteiger charge is 2.27. The molecule has 0 radical (unpaired) electrons. The molecule has 4 rings (SSSR count). The number of nitrogens with one attached hydrogen (secondary N) is 1. The van der Waals surface area contributed by atoms with Crippen LogP contribution in [0, 0.1) is 0 Å². The van der Waals surface area contributed by atoms with Gasteiger partial charge in [0.15, 0.2) is 6.61 Å². The van der Waals surface area contributed by atoms with Gasteiger partial charge in [-0.25, -0.2) is 4.98 Å². The second kappa shape index (κ2) is 10.1. The Labute approximate surface area is 200 Å². The van der Waals surface area contributed by atoms with Gasteiger partial charge in [-0.15, -0.1) is 4.73 Å². The molecule has 172 valence electrons. The van der Waals surface area contributed by atoms with Crippen molar-refractivity contribution in [3.63, 3.8) is 0 Å². The predicted molar refractivity (Wildman–Crippen MR) is 126 cm³/mol. The van der Waals surface area contributed by atoms with Gasteiger partial charge in [0.25, 0.3) is 11.5 Å². The van der Waals surface area contributed by atoms with Gasteiger partial charge in [-0.1, -0.05) is 35.4 Å². The van der Waals surface area contributed by atoms with Crippen LogP contribution in [-0.4, -0.2) is 40.8 Å². The summed E-state index contributed by atoms with van der Waals surface area (Å²) in [7, 11) is 1.39. The number of nitrogens with zero attached hydrogens (tertiary/aromatic N) is 3. The molecule has 0 atom stereocenters. The Hall–Kier alpha value is -3.23. The third kappa shape index (κ3) is 5.40. The number of anilines is 1. The number of benzene rings is 1. The average Bonchev–Trinajstić information content (AvgIpc) is 2.83. The van der Waals surface area contributed by atoms with Crippen LogP contribution >= 0.6 is 23.2 Å². The lowest BCUT2D eigenvalue weighted by molar-refractivity contribution is -0.134. The van der Waals surface area contributed by atoms with E-state index in [2.05, 4.69) is 10.3 Å². The summed E-state index contributed by atoms with van der Waals surface area (Å²) in [5.41, 5.74) is 1.68. The fourth-order valence-electron chi connectivity index (χ4n) is 3.50. The zero-order valence-electron chi connectivity index (χ0n) is 17.9. The largest absolute Gasteiger partial charge is 0.484 e. The zero-order chi connectivity index (χ0) is 23.4. The van der Waals surface area contributed by atoms with Crippen molar-refractivity contribution in [3.8, 4) is 5.75 Å². The molecule has 1 aliphatic carbocycles. The molecule has 0 unspecified atom stereocenters. The Kier molecular flexibility index (Phi) is 7.05. The molecule has 2 heterocycles. The summed E-state index contributed by atoms with van der Waals surface area (Å²) in [6.45, 7) is 0.439. The molecule has 10 heteroatoms. The summed E-state index contributed by atoms with van der Waals surface area (Å²) < 4.78 is 6.63. The number of carbonyl (C=O) groups is 1. The van der Waals surface area contributed by atoms with E-state index in [4.69, 9.17) is 32.8 Å². The molecule has 1 aromatic carbocycles. The van der Waals surface area contributed by atoms with E-state index in [1.807, 2.05) is 12.2 Å². The minimum Gasteiger partial charge on any atom is -0.484 e. The van der Waals surface area contributed by atoms with E-state index in [-0.39, 0.29) is 30.6 Å². The second-order valence-electron chi connectivity index (χ2n) is 7.44. The lowest BCUT2D eigenvalue weighted by Crippen LogP contribution is -2.43. The first-order chi connectivity index (χ1) is 15.9. The Morgan fingerprint density at radius 1 is 1.24 bits per heavy atom. The predicted octanol–water partition coefficient (Wildman–Crippen LogP) is 3.30. The Morgan fingerprint density at radius 2 is 2.03 bits per heavy atom. The fraction of sp³-hybridized carbons (Fsp3) is 0.261. The maximum absolute atomic E-state index is 13.1. The van der Waals surface area contributed by atoms with Gasteiger partial charge in [0, 0.05) is 29.2 Å². The van der Waals surface area contributed by atoms with Gasteiger partial charge in [0.05, 0.1) is 17.8 Å². The number of ether oxygens (including phenoxy) is 1. The summed E-state index contributed by atoms with van der Waals surface area (Å²) in [6.07, 6.45) is 8.45. The van der Waals surface area contributed by atoms with Crippen LogP contribution in [-0.2, 0) is 17.8 Å². The lowest BCUT2D eigenvalue weighted by Gasteiger charge is -2.28. The first-order valence-electron chi connectivity index (χ1n) is 10.3. The van der Waals surface area contributed by atoms with Crippen LogP contribution < -0.4 is 20.5 Å². The summed E-state index contributed by atoms with van der Waals surface area (Å²) in [4.78, 5) is 37.1. The van der Waals surface area contributed by atoms with E-state index in [0.29, 0.717) is 46.4 Å². The number of allylic oxidation sites excluding steroid dienone is 5. The molecule has 2 aromatic rings. The highest BCUT2D eigenvalue weighted by Crippen LogP contribution is 2.20. The molecule has 1 aliphatic heterocycles. The van der Waals surface area contributed by atoms with Crippen LogP contribution in [0.15, 0.2) is 64.1 Å². The molecule has 8 nitrogen and oxygen atoms in total. The molecule has 33 heavy (non-hydrogen) atoms. The van der Waals surface area contributed by atoms with E-state index in [0.717, 1.165) is 10.3 Å². The second-order valence-corrected chi connectivity index (χ2v) is 8.31. The van der Waals surface area contributed by atoms with Crippen molar-refractivity contribution in [2.75, 3.05) is 25.6 Å². The third-order valence-corrected chi connectivity index (χ3v) is 5.81. The third-order valence-electron chi connectivity index (χ3n) is 5.28. The summed E-state index contributed by atoms with van der Waals surface area (Å²) in [6, 6.07) is 6.77. The molecule has 0 saturated heterocycles. The molecule has 0 spiro atoms. The number of halogens is 2. The maximum atomic E-state index is 13.1. The van der Waals surface area contributed by atoms with Crippen LogP contribution in [0.25, 0.3) is 0 Å². The van der Waals surface area contributed by atoms with Crippen molar-refractivity contribution in [1.29, 1.82) is 0 Å². The number of fused-ring (bicyclic) bond motifs is 1. The molecular weight excluding hydrogens is 467 g/mol. The van der Waals surface area contributed by atoms with Gasteiger partial charge in [0.1, 0.15) is 12.9 Å². The van der Waals surface area contributed by atoms with Crippen LogP contribution in [0.5, 0.6) is 5.75 Å². The standard InChI is InChI=1S/C23H22Cl2N4O4/c1-32-29-22(31)19-13-28(21(30)14-33-18-8-6-17(25)7-9-18)11-10-20(19)27-23(29)26-12-15-2-4-16(24)5-3-15/h2,4-9,12H,3,10-11,13-14H2,1H3,(H,26,27). The van der Waals surface area contributed by atoms with Crippen LogP contribution in [0.3, 0.4) is 0 Å². The van der Waals surface area contributed by atoms with Gasteiger partial charge in [-0.2, -0.15) is 0 Å². The van der Waals surface area contributed by atoms with Crippen molar-refractivity contribution < 1.29 is 14.4 Å². The molecule has 1 amide bonds. The number of carbonyl (C=O) groups excluding carboxylic acids is 1. The van der Waals surface area contributed by atoms with Crippen molar-refractivity contribution >= 4 is 35.1 Å². The van der Waals surface area contributed by atoms with Gasteiger partial charge in [-0.3, -0.25) is 9.59 Å². The SMILES string of the molecule is COn1c(NC=C2C=CC(Cl)=CC2)nc2c(c1=O)CN(C(=O)COc1ccc(Cl)cc1)CC2. The minimum atomic E-state index is -0.360. The highest BCUT2D eigenvalue weighted by molar-refractivity contribution is 6.31. The van der Waals surface area contributed by atoms with E-state index >= 15 is 0 Å². The van der Waals surface area contributed by atoms with Gasteiger partial charge < -0.3 is 19.8 Å². The average molecular weight is 489 g/mol. The minimum absolute atomic E-state index is 0.137. The Morgan fingerprint density at radius 3 is 2.73 bits per heavy atom. The van der Waals surface area contributed by atoms with Gasteiger partial charge in [-0.05, 0) is 42.3 Å². The normalized spacial score (nSPS) is 16.3. The van der Waals surface area contributed by atoms with Crippen molar-refractivity contribution in [3.05, 3.63) is 85.9 Å². The summed E-state index contributed by atoms with van der Waals surface area (Å²) >= 11 is 11.8. The van der Waals surface area contributed by atoms with E-state index in [1.54, 1.807) is 41.4 Å². The molecule has 0 fully saturated rings.